The van der Waals surface area contributed by atoms with Gasteiger partial charge in [0.25, 0.3) is 0 Å². The van der Waals surface area contributed by atoms with Crippen molar-refractivity contribution >= 4 is 24.0 Å². The number of aromatic nitrogens is 2. The highest BCUT2D eigenvalue weighted by atomic mass is 35.5. The second-order valence-corrected chi connectivity index (χ2v) is 6.69. The lowest BCUT2D eigenvalue weighted by atomic mass is 9.88. The first-order chi connectivity index (χ1) is 11.6. The van der Waals surface area contributed by atoms with Gasteiger partial charge in [0.1, 0.15) is 5.82 Å². The number of carbonyl (C=O) groups is 1. The van der Waals surface area contributed by atoms with Crippen LogP contribution in [0.25, 0.3) is 0 Å². The van der Waals surface area contributed by atoms with Crippen LogP contribution in [-0.4, -0.2) is 35.3 Å². The maximum absolute atomic E-state index is 13.5. The molecule has 1 aromatic heterocycles. The maximum Gasteiger partial charge on any atom is 0.232 e. The number of halogens is 2. The molecule has 2 atom stereocenters. The van der Waals surface area contributed by atoms with Gasteiger partial charge < -0.3 is 10.2 Å². The van der Waals surface area contributed by atoms with Gasteiger partial charge in [-0.2, -0.15) is 5.10 Å². The average molecular weight is 365 g/mol. The highest BCUT2D eigenvalue weighted by Gasteiger charge is 2.38. The number of rotatable bonds is 2. The van der Waals surface area contributed by atoms with E-state index in [0.717, 1.165) is 36.2 Å². The van der Waals surface area contributed by atoms with E-state index in [1.54, 1.807) is 16.8 Å². The van der Waals surface area contributed by atoms with E-state index in [1.807, 2.05) is 24.3 Å². The Morgan fingerprint density at radius 3 is 2.96 bits per heavy atom. The van der Waals surface area contributed by atoms with Gasteiger partial charge in [-0.05, 0) is 42.2 Å². The van der Waals surface area contributed by atoms with Crippen LogP contribution in [0.4, 0.5) is 10.1 Å². The van der Waals surface area contributed by atoms with Crippen LogP contribution in [0.5, 0.6) is 0 Å². The van der Waals surface area contributed by atoms with Crippen LogP contribution in [0, 0.1) is 11.7 Å². The number of benzene rings is 1. The van der Waals surface area contributed by atoms with Crippen molar-refractivity contribution in [1.29, 1.82) is 0 Å². The molecule has 1 amide bonds. The highest BCUT2D eigenvalue weighted by Crippen LogP contribution is 2.34. The molecule has 1 saturated heterocycles. The van der Waals surface area contributed by atoms with Gasteiger partial charge in [0.15, 0.2) is 0 Å². The molecule has 2 aromatic rings. The summed E-state index contributed by atoms with van der Waals surface area (Å²) in [6, 6.07) is 4.74. The molecule has 0 spiro atoms. The number of anilines is 1. The van der Waals surface area contributed by atoms with Crippen LogP contribution in [0.2, 0.25) is 0 Å². The summed E-state index contributed by atoms with van der Waals surface area (Å²) in [6.45, 7) is 2.16. The van der Waals surface area contributed by atoms with Crippen LogP contribution in [-0.2, 0) is 18.3 Å². The SMILES string of the molecule is Cl.Cn1cc([C@H]2CNC[C@@H]2C(=O)N2CCCc3cc(F)ccc32)cn1. The van der Waals surface area contributed by atoms with Crippen molar-refractivity contribution in [3.8, 4) is 0 Å². The third-order valence-electron chi connectivity index (χ3n) is 5.11. The Bertz CT molecular complexity index is 778. The zero-order valence-electron chi connectivity index (χ0n) is 14.1. The van der Waals surface area contributed by atoms with E-state index in [2.05, 4.69) is 10.4 Å². The van der Waals surface area contributed by atoms with Crippen LogP contribution < -0.4 is 10.2 Å². The number of amides is 1. The summed E-state index contributed by atoms with van der Waals surface area (Å²) in [5.74, 6) is -0.0811. The van der Waals surface area contributed by atoms with Gasteiger partial charge in [-0.1, -0.05) is 0 Å². The lowest BCUT2D eigenvalue weighted by Gasteiger charge is -2.32. The first-order valence-corrected chi connectivity index (χ1v) is 8.42. The molecule has 0 saturated carbocycles. The minimum absolute atomic E-state index is 0. The number of nitrogens with one attached hydrogen (secondary N) is 1. The summed E-state index contributed by atoms with van der Waals surface area (Å²) in [5, 5.41) is 7.57. The second kappa shape index (κ2) is 7.14. The van der Waals surface area contributed by atoms with Gasteiger partial charge in [0, 0.05) is 44.5 Å². The van der Waals surface area contributed by atoms with Crippen LogP contribution in [0.3, 0.4) is 0 Å². The second-order valence-electron chi connectivity index (χ2n) is 6.69. The molecule has 4 rings (SSSR count). The summed E-state index contributed by atoms with van der Waals surface area (Å²) in [7, 11) is 1.89. The van der Waals surface area contributed by atoms with E-state index in [-0.39, 0.29) is 36.0 Å². The number of carbonyl (C=O) groups excluding carboxylic acids is 1. The lowest BCUT2D eigenvalue weighted by molar-refractivity contribution is -0.122. The number of hydrogen-bond acceptors (Lipinski definition) is 3. The van der Waals surface area contributed by atoms with Gasteiger partial charge >= 0.3 is 0 Å². The molecule has 134 valence electrons. The number of hydrogen-bond donors (Lipinski definition) is 1. The largest absolute Gasteiger partial charge is 0.315 e. The molecule has 25 heavy (non-hydrogen) atoms. The van der Waals surface area contributed by atoms with Crippen molar-refractivity contribution in [3.63, 3.8) is 0 Å². The summed E-state index contributed by atoms with van der Waals surface area (Å²) in [6.07, 6.45) is 5.53. The molecule has 0 aliphatic carbocycles. The number of aryl methyl sites for hydroxylation is 2. The molecule has 0 bridgehead atoms. The Labute approximate surface area is 152 Å². The van der Waals surface area contributed by atoms with E-state index in [1.165, 1.54) is 6.07 Å². The fourth-order valence-corrected chi connectivity index (χ4v) is 3.91. The molecule has 1 fully saturated rings. The summed E-state index contributed by atoms with van der Waals surface area (Å²) in [5.41, 5.74) is 2.89. The smallest absolute Gasteiger partial charge is 0.232 e. The van der Waals surface area contributed by atoms with E-state index in [4.69, 9.17) is 0 Å². The van der Waals surface area contributed by atoms with Crippen LogP contribution in [0.1, 0.15) is 23.5 Å². The van der Waals surface area contributed by atoms with Gasteiger partial charge in [0.2, 0.25) is 5.91 Å². The zero-order chi connectivity index (χ0) is 16.7. The predicted molar refractivity (Wildman–Crippen MR) is 96.6 cm³/mol. The van der Waals surface area contributed by atoms with Gasteiger partial charge in [-0.15, -0.1) is 12.4 Å². The average Bonchev–Trinajstić information content (AvgIpc) is 3.21. The van der Waals surface area contributed by atoms with E-state index in [0.29, 0.717) is 13.1 Å². The summed E-state index contributed by atoms with van der Waals surface area (Å²) < 4.78 is 15.3. The van der Waals surface area contributed by atoms with E-state index >= 15 is 0 Å². The Morgan fingerprint density at radius 2 is 2.20 bits per heavy atom. The van der Waals surface area contributed by atoms with Crippen molar-refractivity contribution < 1.29 is 9.18 Å². The van der Waals surface area contributed by atoms with Crippen molar-refractivity contribution in [2.24, 2.45) is 13.0 Å². The third kappa shape index (κ3) is 3.28. The molecule has 0 unspecified atom stereocenters. The molecule has 5 nitrogen and oxygen atoms in total. The van der Waals surface area contributed by atoms with Gasteiger partial charge in [-0.25, -0.2) is 4.39 Å². The fraction of sp³-hybridized carbons (Fsp3) is 0.444. The molecule has 2 aliphatic rings. The first-order valence-electron chi connectivity index (χ1n) is 8.42. The Hall–Kier alpha value is -1.92. The van der Waals surface area contributed by atoms with Crippen molar-refractivity contribution in [2.45, 2.75) is 18.8 Å². The standard InChI is InChI=1S/C18H21FN4O.ClH/c1-22-11-13(8-21-22)15-9-20-10-16(15)18(24)23-6-2-3-12-7-14(19)4-5-17(12)23;/h4-5,7-8,11,15-16,20H,2-3,6,9-10H2,1H3;1H/t15-,16+;/m1./s1. The minimum Gasteiger partial charge on any atom is -0.315 e. The normalized spacial score (nSPS) is 22.4. The monoisotopic (exact) mass is 364 g/mol. The molecular formula is C18H22ClFN4O. The third-order valence-corrected chi connectivity index (χ3v) is 5.11. The molecule has 7 heteroatoms. The number of nitrogens with zero attached hydrogens (tertiary/aromatic N) is 3. The highest BCUT2D eigenvalue weighted by molar-refractivity contribution is 5.97. The van der Waals surface area contributed by atoms with Gasteiger partial charge in [0.05, 0.1) is 12.1 Å². The molecule has 1 aromatic carbocycles. The van der Waals surface area contributed by atoms with Crippen LogP contribution in [0.15, 0.2) is 30.6 Å². The number of fused-ring (bicyclic) bond motifs is 1. The van der Waals surface area contributed by atoms with E-state index < -0.39 is 0 Å². The fourth-order valence-electron chi connectivity index (χ4n) is 3.91. The maximum atomic E-state index is 13.5. The van der Waals surface area contributed by atoms with E-state index in [9.17, 15) is 9.18 Å². The summed E-state index contributed by atoms with van der Waals surface area (Å²) >= 11 is 0. The predicted octanol–water partition coefficient (Wildman–Crippen LogP) is 2.26. The Morgan fingerprint density at radius 1 is 1.36 bits per heavy atom. The van der Waals surface area contributed by atoms with Crippen molar-refractivity contribution in [1.82, 2.24) is 15.1 Å². The quantitative estimate of drug-likeness (QED) is 0.889. The molecule has 0 radical (unpaired) electrons. The lowest BCUT2D eigenvalue weighted by Crippen LogP contribution is -2.41. The van der Waals surface area contributed by atoms with Crippen molar-refractivity contribution in [2.75, 3.05) is 24.5 Å². The molecule has 1 N–H and O–H groups in total. The van der Waals surface area contributed by atoms with Crippen LogP contribution >= 0.6 is 12.4 Å². The molecule has 3 heterocycles. The van der Waals surface area contributed by atoms with Gasteiger partial charge in [-0.3, -0.25) is 9.48 Å². The first kappa shape index (κ1) is 17.9. The Kier molecular flexibility index (Phi) is 5.11. The topological polar surface area (TPSA) is 50.2 Å². The zero-order valence-corrected chi connectivity index (χ0v) is 14.9. The van der Waals surface area contributed by atoms with Crippen molar-refractivity contribution in [3.05, 3.63) is 47.5 Å². The Balaban J connectivity index is 0.00000182. The molecular weight excluding hydrogens is 343 g/mol. The summed E-state index contributed by atoms with van der Waals surface area (Å²) in [4.78, 5) is 15.1. The molecule has 2 aliphatic heterocycles. The minimum atomic E-state index is -0.237.